The first-order valence-corrected chi connectivity index (χ1v) is 12.0. The number of ether oxygens (including phenoxy) is 2. The lowest BCUT2D eigenvalue weighted by molar-refractivity contribution is -0.162. The summed E-state index contributed by atoms with van der Waals surface area (Å²) >= 11 is 0. The zero-order valence-corrected chi connectivity index (χ0v) is 19.4. The van der Waals surface area contributed by atoms with Crippen molar-refractivity contribution in [3.05, 3.63) is 72.6 Å². The van der Waals surface area contributed by atoms with Gasteiger partial charge in [-0.25, -0.2) is 18.1 Å². The van der Waals surface area contributed by atoms with Crippen LogP contribution in [-0.2, 0) is 29.1 Å². The minimum atomic E-state index is -3.92. The van der Waals surface area contributed by atoms with Gasteiger partial charge in [0.2, 0.25) is 0 Å². The van der Waals surface area contributed by atoms with Crippen LogP contribution in [0.2, 0.25) is 0 Å². The average molecular weight is 488 g/mol. The van der Waals surface area contributed by atoms with E-state index in [-0.39, 0.29) is 24.1 Å². The number of aromatic nitrogens is 1. The van der Waals surface area contributed by atoms with E-state index in [1.807, 2.05) is 6.07 Å². The number of nitrogens with one attached hydrogen (secondary N) is 2. The van der Waals surface area contributed by atoms with Crippen molar-refractivity contribution in [3.63, 3.8) is 0 Å². The Bertz CT molecular complexity index is 1160. The van der Waals surface area contributed by atoms with Gasteiger partial charge in [-0.1, -0.05) is 30.3 Å². The summed E-state index contributed by atoms with van der Waals surface area (Å²) in [6.07, 6.45) is 2.57. The van der Waals surface area contributed by atoms with Crippen LogP contribution in [0.4, 0.5) is 11.7 Å². The third-order valence-electron chi connectivity index (χ3n) is 4.71. The molecule has 0 radical (unpaired) electrons. The van der Waals surface area contributed by atoms with Crippen molar-refractivity contribution >= 4 is 33.7 Å². The summed E-state index contributed by atoms with van der Waals surface area (Å²) in [7, 11) is -3.92. The Kier molecular flexibility index (Phi) is 8.25. The van der Waals surface area contributed by atoms with E-state index in [1.54, 1.807) is 38.1 Å². The number of sulfonamides is 1. The van der Waals surface area contributed by atoms with E-state index in [0.717, 1.165) is 0 Å². The number of hydrogen-bond acceptors (Lipinski definition) is 9. The van der Waals surface area contributed by atoms with Crippen LogP contribution in [-0.4, -0.2) is 38.6 Å². The first kappa shape index (κ1) is 24.8. The smallest absolute Gasteiger partial charge is 0.322 e. The van der Waals surface area contributed by atoms with Crippen LogP contribution < -0.4 is 10.0 Å². The quantitative estimate of drug-likeness (QED) is 0.308. The molecular formula is C23H25N3O7S. The second-order valence-corrected chi connectivity index (χ2v) is 8.66. The Balaban J connectivity index is 1.90. The Hall–Kier alpha value is -3.86. The van der Waals surface area contributed by atoms with Crippen LogP contribution >= 0.6 is 0 Å². The van der Waals surface area contributed by atoms with Gasteiger partial charge in [-0.15, -0.1) is 0 Å². The molecular weight excluding hydrogens is 462 g/mol. The van der Waals surface area contributed by atoms with Gasteiger partial charge in [-0.2, -0.15) is 0 Å². The zero-order valence-electron chi connectivity index (χ0n) is 18.6. The highest BCUT2D eigenvalue weighted by atomic mass is 32.2. The second kappa shape index (κ2) is 11.3. The van der Waals surface area contributed by atoms with Gasteiger partial charge in [0.05, 0.1) is 30.3 Å². The molecule has 0 fully saturated rings. The molecule has 0 aliphatic carbocycles. The van der Waals surface area contributed by atoms with Gasteiger partial charge in [-0.05, 0) is 43.7 Å². The molecule has 0 aliphatic rings. The number of benzene rings is 2. The summed E-state index contributed by atoms with van der Waals surface area (Å²) in [5.41, 5.74) is 1.12. The summed E-state index contributed by atoms with van der Waals surface area (Å²) in [5.74, 6) is -2.73. The fraction of sp³-hybridized carbons (Fsp3) is 0.261. The Labute approximate surface area is 197 Å². The highest BCUT2D eigenvalue weighted by molar-refractivity contribution is 7.92. The highest BCUT2D eigenvalue weighted by Gasteiger charge is 2.38. The summed E-state index contributed by atoms with van der Waals surface area (Å²) < 4.78 is 42.5. The molecule has 11 heteroatoms. The largest absolute Gasteiger partial charge is 0.465 e. The molecule has 1 heterocycles. The minimum Gasteiger partial charge on any atom is -0.465 e. The molecule has 0 bridgehead atoms. The van der Waals surface area contributed by atoms with Crippen molar-refractivity contribution in [1.82, 2.24) is 4.98 Å². The van der Waals surface area contributed by atoms with Crippen LogP contribution in [0.3, 0.4) is 0 Å². The molecule has 0 aliphatic heterocycles. The number of hydrogen-bond donors (Lipinski definition) is 2. The molecule has 0 spiro atoms. The van der Waals surface area contributed by atoms with E-state index >= 15 is 0 Å². The number of carbonyl (C=O) groups excluding carboxylic acids is 2. The molecule has 34 heavy (non-hydrogen) atoms. The van der Waals surface area contributed by atoms with Crippen molar-refractivity contribution < 1.29 is 31.9 Å². The maximum absolute atomic E-state index is 12.7. The van der Waals surface area contributed by atoms with Crippen molar-refractivity contribution in [2.75, 3.05) is 23.3 Å². The molecule has 2 N–H and O–H groups in total. The van der Waals surface area contributed by atoms with E-state index in [1.165, 1.54) is 36.7 Å². The Morgan fingerprint density at radius 3 is 2.12 bits per heavy atom. The first-order valence-electron chi connectivity index (χ1n) is 10.5. The predicted octanol–water partition coefficient (Wildman–Crippen LogP) is 3.37. The molecule has 0 saturated carbocycles. The molecule has 1 unspecified atom stereocenters. The number of esters is 2. The third-order valence-corrected chi connectivity index (χ3v) is 6.05. The predicted molar refractivity (Wildman–Crippen MR) is 123 cm³/mol. The van der Waals surface area contributed by atoms with Gasteiger partial charge in [0.15, 0.2) is 5.92 Å². The number of rotatable bonds is 11. The third kappa shape index (κ3) is 6.13. The maximum Gasteiger partial charge on any atom is 0.322 e. The van der Waals surface area contributed by atoms with Gasteiger partial charge in [0.1, 0.15) is 6.26 Å². The van der Waals surface area contributed by atoms with Gasteiger partial charge >= 0.3 is 18.0 Å². The summed E-state index contributed by atoms with van der Waals surface area (Å²) in [6.45, 7) is 3.49. The number of nitrogens with zero attached hydrogens (tertiary/aromatic N) is 1. The lowest BCUT2D eigenvalue weighted by Crippen LogP contribution is -2.36. The van der Waals surface area contributed by atoms with Crippen LogP contribution in [0.15, 0.2) is 76.4 Å². The molecule has 1 atom stereocenters. The minimum absolute atomic E-state index is 0.0279. The molecule has 0 saturated heterocycles. The first-order chi connectivity index (χ1) is 16.4. The fourth-order valence-electron chi connectivity index (χ4n) is 3.21. The molecule has 0 amide bonds. The van der Waals surface area contributed by atoms with E-state index in [2.05, 4.69) is 15.0 Å². The van der Waals surface area contributed by atoms with Crippen LogP contribution in [0.25, 0.3) is 0 Å². The van der Waals surface area contributed by atoms with E-state index in [9.17, 15) is 18.0 Å². The number of oxazole rings is 1. The standard InChI is InChI=1S/C23H25N3O7S/c1-3-31-21(27)19(22(28)32-4-2)20(16-8-6-5-7-9-16)25-17-10-12-18(13-11-17)34(29,30)26-23-24-14-15-33-23/h5-15,19-20,25H,3-4H2,1-2H3,(H,24,26). The Morgan fingerprint density at radius 2 is 1.59 bits per heavy atom. The van der Waals surface area contributed by atoms with Gasteiger partial charge in [0.25, 0.3) is 10.0 Å². The molecule has 2 aromatic carbocycles. The number of carbonyl (C=O) groups is 2. The van der Waals surface area contributed by atoms with Crippen LogP contribution in [0.5, 0.6) is 0 Å². The van der Waals surface area contributed by atoms with Crippen molar-refractivity contribution in [3.8, 4) is 0 Å². The zero-order chi connectivity index (χ0) is 24.6. The molecule has 3 rings (SSSR count). The molecule has 1 aromatic heterocycles. The SMILES string of the molecule is CCOC(=O)C(C(=O)OCC)C(Nc1ccc(S(=O)(=O)Nc2ncco2)cc1)c1ccccc1. The Morgan fingerprint density at radius 1 is 0.971 bits per heavy atom. The monoisotopic (exact) mass is 487 g/mol. The average Bonchev–Trinajstić information content (AvgIpc) is 3.32. The van der Waals surface area contributed by atoms with Crippen molar-refractivity contribution in [1.29, 1.82) is 0 Å². The van der Waals surface area contributed by atoms with Crippen molar-refractivity contribution in [2.24, 2.45) is 5.92 Å². The van der Waals surface area contributed by atoms with Gasteiger partial charge < -0.3 is 19.2 Å². The van der Waals surface area contributed by atoms with Gasteiger partial charge in [0, 0.05) is 5.69 Å². The maximum atomic E-state index is 12.7. The summed E-state index contributed by atoms with van der Waals surface area (Å²) in [6, 6.07) is 13.7. The molecule has 180 valence electrons. The van der Waals surface area contributed by atoms with Crippen LogP contribution in [0.1, 0.15) is 25.5 Å². The van der Waals surface area contributed by atoms with Crippen LogP contribution in [0, 0.1) is 5.92 Å². The lowest BCUT2D eigenvalue weighted by Gasteiger charge is -2.26. The molecule has 10 nitrogen and oxygen atoms in total. The number of anilines is 2. The van der Waals surface area contributed by atoms with E-state index in [4.69, 9.17) is 13.9 Å². The van der Waals surface area contributed by atoms with Crippen molar-refractivity contribution in [2.45, 2.75) is 24.8 Å². The summed E-state index contributed by atoms with van der Waals surface area (Å²) in [5, 5.41) is 3.15. The highest BCUT2D eigenvalue weighted by Crippen LogP contribution is 2.30. The normalized spacial score (nSPS) is 12.1. The van der Waals surface area contributed by atoms with E-state index in [0.29, 0.717) is 11.3 Å². The topological polar surface area (TPSA) is 137 Å². The second-order valence-electron chi connectivity index (χ2n) is 6.98. The van der Waals surface area contributed by atoms with E-state index < -0.39 is 33.9 Å². The summed E-state index contributed by atoms with van der Waals surface area (Å²) in [4.78, 5) is 29.2. The lowest BCUT2D eigenvalue weighted by atomic mass is 9.92. The fourth-order valence-corrected chi connectivity index (χ4v) is 4.15. The van der Waals surface area contributed by atoms with Gasteiger partial charge in [-0.3, -0.25) is 9.59 Å². The molecule has 3 aromatic rings.